The highest BCUT2D eigenvalue weighted by Crippen LogP contribution is 2.22. The van der Waals surface area contributed by atoms with Crippen LogP contribution in [0, 0.1) is 0 Å². The summed E-state index contributed by atoms with van der Waals surface area (Å²) in [5, 5.41) is 0. The Morgan fingerprint density at radius 3 is 3.11 bits per heavy atom. The van der Waals surface area contributed by atoms with E-state index in [-0.39, 0.29) is 5.82 Å². The minimum absolute atomic E-state index is 0.145. The highest BCUT2D eigenvalue weighted by atomic mass is 16.5. The SMILES string of the molecule is CCOC(=O)c1nccc(N2CCCCC2C)n1. The summed E-state index contributed by atoms with van der Waals surface area (Å²) in [5.41, 5.74) is 0. The topological polar surface area (TPSA) is 55.3 Å². The maximum atomic E-state index is 11.6. The number of hydrogen-bond donors (Lipinski definition) is 0. The van der Waals surface area contributed by atoms with E-state index >= 15 is 0 Å². The molecular weight excluding hydrogens is 230 g/mol. The Morgan fingerprint density at radius 1 is 1.56 bits per heavy atom. The van der Waals surface area contributed by atoms with Gasteiger partial charge in [-0.2, -0.15) is 0 Å². The Labute approximate surface area is 107 Å². The van der Waals surface area contributed by atoms with Gasteiger partial charge in [0.05, 0.1) is 6.61 Å². The van der Waals surface area contributed by atoms with E-state index in [1.54, 1.807) is 13.1 Å². The van der Waals surface area contributed by atoms with Crippen molar-refractivity contribution in [1.29, 1.82) is 0 Å². The van der Waals surface area contributed by atoms with Crippen LogP contribution in [0.5, 0.6) is 0 Å². The van der Waals surface area contributed by atoms with Gasteiger partial charge in [0, 0.05) is 18.8 Å². The fourth-order valence-corrected chi connectivity index (χ4v) is 2.24. The van der Waals surface area contributed by atoms with Crippen LogP contribution in [0.3, 0.4) is 0 Å². The van der Waals surface area contributed by atoms with Crippen molar-refractivity contribution in [2.24, 2.45) is 0 Å². The zero-order chi connectivity index (χ0) is 13.0. The van der Waals surface area contributed by atoms with Crippen LogP contribution < -0.4 is 4.90 Å². The first kappa shape index (κ1) is 12.8. The number of piperidine rings is 1. The summed E-state index contributed by atoms with van der Waals surface area (Å²) < 4.78 is 4.91. The minimum Gasteiger partial charge on any atom is -0.460 e. The first-order valence-electron chi connectivity index (χ1n) is 6.49. The quantitative estimate of drug-likeness (QED) is 0.767. The van der Waals surface area contributed by atoms with Gasteiger partial charge in [-0.1, -0.05) is 0 Å². The molecule has 0 aliphatic carbocycles. The highest BCUT2D eigenvalue weighted by Gasteiger charge is 2.21. The van der Waals surface area contributed by atoms with Crippen LogP contribution in [0.1, 0.15) is 43.7 Å². The van der Waals surface area contributed by atoms with Gasteiger partial charge in [0.25, 0.3) is 0 Å². The normalized spacial score (nSPS) is 19.7. The Morgan fingerprint density at radius 2 is 2.39 bits per heavy atom. The Kier molecular flexibility index (Phi) is 4.12. The molecule has 18 heavy (non-hydrogen) atoms. The van der Waals surface area contributed by atoms with Gasteiger partial charge in [-0.15, -0.1) is 0 Å². The molecule has 1 aromatic rings. The molecule has 1 atom stereocenters. The van der Waals surface area contributed by atoms with Crippen LogP contribution in [0.15, 0.2) is 12.3 Å². The van der Waals surface area contributed by atoms with Crippen LogP contribution in [0.2, 0.25) is 0 Å². The van der Waals surface area contributed by atoms with Gasteiger partial charge in [-0.25, -0.2) is 14.8 Å². The van der Waals surface area contributed by atoms with Crippen LogP contribution in [0.4, 0.5) is 5.82 Å². The lowest BCUT2D eigenvalue weighted by atomic mass is 10.0. The fourth-order valence-electron chi connectivity index (χ4n) is 2.24. The Bertz CT molecular complexity index is 422. The van der Waals surface area contributed by atoms with Gasteiger partial charge in [-0.3, -0.25) is 0 Å². The predicted octanol–water partition coefficient (Wildman–Crippen LogP) is 2.03. The molecular formula is C13H19N3O2. The van der Waals surface area contributed by atoms with E-state index in [4.69, 9.17) is 4.74 Å². The second-order valence-corrected chi connectivity index (χ2v) is 4.50. The van der Waals surface area contributed by atoms with Crippen LogP contribution >= 0.6 is 0 Å². The van der Waals surface area contributed by atoms with Crippen LogP contribution in [-0.4, -0.2) is 35.1 Å². The number of rotatable bonds is 3. The van der Waals surface area contributed by atoms with E-state index in [0.29, 0.717) is 12.6 Å². The molecule has 5 nitrogen and oxygen atoms in total. The summed E-state index contributed by atoms with van der Waals surface area (Å²) in [7, 11) is 0. The lowest BCUT2D eigenvalue weighted by Gasteiger charge is -2.34. The third-order valence-electron chi connectivity index (χ3n) is 3.20. The molecule has 1 aliphatic heterocycles. The minimum atomic E-state index is -0.455. The second kappa shape index (κ2) is 5.80. The van der Waals surface area contributed by atoms with Crippen molar-refractivity contribution >= 4 is 11.8 Å². The number of carbonyl (C=O) groups excluding carboxylic acids is 1. The number of hydrogen-bond acceptors (Lipinski definition) is 5. The first-order chi connectivity index (χ1) is 8.72. The summed E-state index contributed by atoms with van der Waals surface area (Å²) in [5.74, 6) is 0.511. The van der Waals surface area contributed by atoms with Crippen LogP contribution in [-0.2, 0) is 4.74 Å². The molecule has 1 unspecified atom stereocenters. The van der Waals surface area contributed by atoms with E-state index in [1.165, 1.54) is 19.3 Å². The standard InChI is InChI=1S/C13H19N3O2/c1-3-18-13(17)12-14-8-7-11(15-12)16-9-5-4-6-10(16)2/h7-8,10H,3-6,9H2,1-2H3. The van der Waals surface area contributed by atoms with E-state index in [1.807, 2.05) is 6.07 Å². The van der Waals surface area contributed by atoms with E-state index in [9.17, 15) is 4.79 Å². The monoisotopic (exact) mass is 249 g/mol. The van der Waals surface area contributed by atoms with Crippen molar-refractivity contribution in [1.82, 2.24) is 9.97 Å². The average Bonchev–Trinajstić information content (AvgIpc) is 2.40. The first-order valence-corrected chi connectivity index (χ1v) is 6.49. The van der Waals surface area contributed by atoms with E-state index < -0.39 is 5.97 Å². The maximum Gasteiger partial charge on any atom is 0.376 e. The van der Waals surface area contributed by atoms with Crippen molar-refractivity contribution in [2.45, 2.75) is 39.2 Å². The van der Waals surface area contributed by atoms with Gasteiger partial charge in [-0.05, 0) is 39.2 Å². The molecule has 5 heteroatoms. The molecule has 1 aliphatic rings. The smallest absolute Gasteiger partial charge is 0.376 e. The Balaban J connectivity index is 2.18. The van der Waals surface area contributed by atoms with Crippen LogP contribution in [0.25, 0.3) is 0 Å². The van der Waals surface area contributed by atoms with Crippen molar-refractivity contribution in [2.75, 3.05) is 18.1 Å². The van der Waals surface area contributed by atoms with Crippen molar-refractivity contribution in [3.63, 3.8) is 0 Å². The van der Waals surface area contributed by atoms with Gasteiger partial charge in [0.15, 0.2) is 0 Å². The molecule has 0 N–H and O–H groups in total. The molecule has 0 bridgehead atoms. The molecule has 0 radical (unpaired) electrons. The molecule has 1 fully saturated rings. The number of aromatic nitrogens is 2. The van der Waals surface area contributed by atoms with Gasteiger partial charge in [0.1, 0.15) is 5.82 Å². The molecule has 0 aromatic carbocycles. The zero-order valence-electron chi connectivity index (χ0n) is 10.9. The van der Waals surface area contributed by atoms with Crippen molar-refractivity contribution in [3.05, 3.63) is 18.1 Å². The number of carbonyl (C=O) groups is 1. The summed E-state index contributed by atoms with van der Waals surface area (Å²) in [6, 6.07) is 2.31. The highest BCUT2D eigenvalue weighted by molar-refractivity contribution is 5.85. The zero-order valence-corrected chi connectivity index (χ0v) is 10.9. The van der Waals surface area contributed by atoms with Crippen molar-refractivity contribution < 1.29 is 9.53 Å². The molecule has 98 valence electrons. The summed E-state index contributed by atoms with van der Waals surface area (Å²) in [6.45, 7) is 5.28. The largest absolute Gasteiger partial charge is 0.460 e. The third-order valence-corrected chi connectivity index (χ3v) is 3.20. The van der Waals surface area contributed by atoms with E-state index in [0.717, 1.165) is 12.4 Å². The predicted molar refractivity (Wildman–Crippen MR) is 68.6 cm³/mol. The summed E-state index contributed by atoms with van der Waals surface area (Å²) >= 11 is 0. The fraction of sp³-hybridized carbons (Fsp3) is 0.615. The number of esters is 1. The molecule has 2 heterocycles. The Hall–Kier alpha value is -1.65. The van der Waals surface area contributed by atoms with Gasteiger partial charge >= 0.3 is 5.97 Å². The molecule has 0 amide bonds. The lowest BCUT2D eigenvalue weighted by Crippen LogP contribution is -2.38. The maximum absolute atomic E-state index is 11.6. The number of nitrogens with zero attached hydrogens (tertiary/aromatic N) is 3. The lowest BCUT2D eigenvalue weighted by molar-refractivity contribution is 0.0512. The molecule has 2 rings (SSSR count). The average molecular weight is 249 g/mol. The van der Waals surface area contributed by atoms with Gasteiger partial charge in [0.2, 0.25) is 5.82 Å². The second-order valence-electron chi connectivity index (χ2n) is 4.50. The van der Waals surface area contributed by atoms with E-state index in [2.05, 4.69) is 21.8 Å². The molecule has 1 saturated heterocycles. The third kappa shape index (κ3) is 2.78. The number of anilines is 1. The van der Waals surface area contributed by atoms with Gasteiger partial charge < -0.3 is 9.64 Å². The molecule has 0 saturated carbocycles. The summed E-state index contributed by atoms with van der Waals surface area (Å²) in [4.78, 5) is 22.1. The number of ether oxygens (including phenoxy) is 1. The summed E-state index contributed by atoms with van der Waals surface area (Å²) in [6.07, 6.45) is 5.21. The molecule has 1 aromatic heterocycles. The van der Waals surface area contributed by atoms with Crippen molar-refractivity contribution in [3.8, 4) is 0 Å². The molecule has 0 spiro atoms.